The lowest BCUT2D eigenvalue weighted by molar-refractivity contribution is -0.132. The van der Waals surface area contributed by atoms with Gasteiger partial charge in [0.15, 0.2) is 0 Å². The largest absolute Gasteiger partial charge is 0.507 e. The van der Waals surface area contributed by atoms with Crippen molar-refractivity contribution in [1.82, 2.24) is 0 Å². The van der Waals surface area contributed by atoms with Gasteiger partial charge < -0.3 is 14.7 Å². The van der Waals surface area contributed by atoms with Crippen LogP contribution in [0.4, 0.5) is 11.4 Å². The Bertz CT molecular complexity index is 1370. The minimum atomic E-state index is -0.771. The fourth-order valence-electron chi connectivity index (χ4n) is 5.16. The lowest BCUT2D eigenvalue weighted by Gasteiger charge is -2.27. The number of carbonyl (C=O) groups is 2. The van der Waals surface area contributed by atoms with Crippen molar-refractivity contribution in [2.45, 2.75) is 53.5 Å². The first kappa shape index (κ1) is 28.0. The number of hydrogen-bond acceptors (Lipinski definition) is 5. The van der Waals surface area contributed by atoms with Crippen molar-refractivity contribution >= 4 is 28.8 Å². The van der Waals surface area contributed by atoms with Crippen molar-refractivity contribution in [3.63, 3.8) is 0 Å². The maximum Gasteiger partial charge on any atom is 0.300 e. The lowest BCUT2D eigenvalue weighted by atomic mass is 9.94. The minimum Gasteiger partial charge on any atom is -0.507 e. The molecule has 3 aromatic carbocycles. The van der Waals surface area contributed by atoms with Crippen LogP contribution in [0.2, 0.25) is 0 Å². The smallest absolute Gasteiger partial charge is 0.300 e. The SMILES string of the molecule is CCOc1ccc(/C(O)=C2/C(=O)C(=O)N(c3ccc(C(C)C)cc3)C2c2ccc(N(CC)CC)cc2)cc1C. The Balaban J connectivity index is 1.87. The summed E-state index contributed by atoms with van der Waals surface area (Å²) in [6, 6.07) is 20.1. The third kappa shape index (κ3) is 5.42. The molecule has 204 valence electrons. The summed E-state index contributed by atoms with van der Waals surface area (Å²) in [6.07, 6.45) is 0. The van der Waals surface area contributed by atoms with Crippen LogP contribution in [0.15, 0.2) is 72.3 Å². The number of ether oxygens (including phenoxy) is 1. The first-order valence-electron chi connectivity index (χ1n) is 13.7. The van der Waals surface area contributed by atoms with Gasteiger partial charge in [-0.1, -0.05) is 38.1 Å². The molecular formula is C33H38N2O4. The van der Waals surface area contributed by atoms with E-state index in [2.05, 4.69) is 32.6 Å². The number of carbonyl (C=O) groups excluding carboxylic acids is 2. The monoisotopic (exact) mass is 526 g/mol. The quantitative estimate of drug-likeness (QED) is 0.185. The molecule has 0 aromatic heterocycles. The van der Waals surface area contributed by atoms with Crippen LogP contribution < -0.4 is 14.5 Å². The number of amides is 1. The minimum absolute atomic E-state index is 0.0760. The lowest BCUT2D eigenvalue weighted by Crippen LogP contribution is -2.29. The second-order valence-corrected chi connectivity index (χ2v) is 10.1. The predicted molar refractivity (Wildman–Crippen MR) is 158 cm³/mol. The molecule has 0 aliphatic carbocycles. The van der Waals surface area contributed by atoms with Gasteiger partial charge in [-0.05, 0) is 92.8 Å². The molecule has 4 rings (SSSR count). The topological polar surface area (TPSA) is 70.1 Å². The van der Waals surface area contributed by atoms with E-state index in [9.17, 15) is 14.7 Å². The highest BCUT2D eigenvalue weighted by atomic mass is 16.5. The number of aryl methyl sites for hydroxylation is 1. The highest BCUT2D eigenvalue weighted by Gasteiger charge is 2.47. The molecule has 1 saturated heterocycles. The summed E-state index contributed by atoms with van der Waals surface area (Å²) >= 11 is 0. The number of Topliss-reactive ketones (excluding diaryl/α,β-unsaturated/α-hetero) is 1. The van der Waals surface area contributed by atoms with Gasteiger partial charge in [0, 0.05) is 30.0 Å². The van der Waals surface area contributed by atoms with Gasteiger partial charge in [-0.25, -0.2) is 0 Å². The van der Waals surface area contributed by atoms with Crippen molar-refractivity contribution in [2.24, 2.45) is 0 Å². The second kappa shape index (κ2) is 11.8. The summed E-state index contributed by atoms with van der Waals surface area (Å²) in [4.78, 5) is 30.8. The maximum atomic E-state index is 13.5. The van der Waals surface area contributed by atoms with E-state index in [1.54, 1.807) is 18.2 Å². The summed E-state index contributed by atoms with van der Waals surface area (Å²) in [6.45, 7) is 14.5. The zero-order valence-electron chi connectivity index (χ0n) is 23.7. The second-order valence-electron chi connectivity index (χ2n) is 10.1. The summed E-state index contributed by atoms with van der Waals surface area (Å²) < 4.78 is 5.64. The van der Waals surface area contributed by atoms with Crippen LogP contribution in [0.3, 0.4) is 0 Å². The zero-order chi connectivity index (χ0) is 28.3. The average molecular weight is 527 g/mol. The molecule has 6 heteroatoms. The highest BCUT2D eigenvalue weighted by Crippen LogP contribution is 2.43. The van der Waals surface area contributed by atoms with Crippen LogP contribution in [-0.4, -0.2) is 36.5 Å². The molecule has 1 aliphatic rings. The third-order valence-electron chi connectivity index (χ3n) is 7.37. The number of rotatable bonds is 9. The predicted octanol–water partition coefficient (Wildman–Crippen LogP) is 6.99. The Morgan fingerprint density at radius 1 is 0.949 bits per heavy atom. The molecule has 6 nitrogen and oxygen atoms in total. The average Bonchev–Trinajstić information content (AvgIpc) is 3.20. The highest BCUT2D eigenvalue weighted by molar-refractivity contribution is 6.51. The van der Waals surface area contributed by atoms with Gasteiger partial charge in [0.25, 0.3) is 11.7 Å². The van der Waals surface area contributed by atoms with Gasteiger partial charge in [0.05, 0.1) is 18.2 Å². The van der Waals surface area contributed by atoms with Crippen LogP contribution in [-0.2, 0) is 9.59 Å². The van der Waals surface area contributed by atoms with E-state index in [-0.39, 0.29) is 11.3 Å². The molecule has 39 heavy (non-hydrogen) atoms. The molecule has 1 heterocycles. The van der Waals surface area contributed by atoms with Crippen LogP contribution in [0.1, 0.15) is 68.8 Å². The van der Waals surface area contributed by atoms with Gasteiger partial charge in [0.2, 0.25) is 0 Å². The van der Waals surface area contributed by atoms with Gasteiger partial charge in [-0.2, -0.15) is 0 Å². The molecule has 1 N–H and O–H groups in total. The van der Waals surface area contributed by atoms with Gasteiger partial charge >= 0.3 is 0 Å². The number of hydrogen-bond donors (Lipinski definition) is 1. The Hall–Kier alpha value is -4.06. The summed E-state index contributed by atoms with van der Waals surface area (Å²) in [5.74, 6) is -0.512. The summed E-state index contributed by atoms with van der Waals surface area (Å²) in [7, 11) is 0. The molecule has 0 spiro atoms. The molecular weight excluding hydrogens is 488 g/mol. The molecule has 0 saturated carbocycles. The van der Waals surface area contributed by atoms with Gasteiger partial charge in [-0.15, -0.1) is 0 Å². The first-order chi connectivity index (χ1) is 18.7. The number of aliphatic hydroxyl groups excluding tert-OH is 1. The first-order valence-corrected chi connectivity index (χ1v) is 13.7. The van der Waals surface area contributed by atoms with E-state index >= 15 is 0 Å². The van der Waals surface area contributed by atoms with E-state index in [1.807, 2.05) is 62.4 Å². The fourth-order valence-corrected chi connectivity index (χ4v) is 5.16. The van der Waals surface area contributed by atoms with Gasteiger partial charge in [0.1, 0.15) is 11.5 Å². The molecule has 1 atom stereocenters. The molecule has 1 aliphatic heterocycles. The molecule has 1 amide bonds. The summed E-state index contributed by atoms with van der Waals surface area (Å²) in [5.41, 5.74) is 4.94. The van der Waals surface area contributed by atoms with E-state index in [0.717, 1.165) is 35.5 Å². The fraction of sp³-hybridized carbons (Fsp3) is 0.333. The van der Waals surface area contributed by atoms with Crippen molar-refractivity contribution in [1.29, 1.82) is 0 Å². The Morgan fingerprint density at radius 3 is 2.13 bits per heavy atom. The number of ketones is 1. The number of anilines is 2. The third-order valence-corrected chi connectivity index (χ3v) is 7.37. The Morgan fingerprint density at radius 2 is 1.59 bits per heavy atom. The maximum absolute atomic E-state index is 13.5. The van der Waals surface area contributed by atoms with E-state index < -0.39 is 17.7 Å². The Labute approximate surface area is 231 Å². The van der Waals surface area contributed by atoms with Crippen molar-refractivity contribution < 1.29 is 19.4 Å². The van der Waals surface area contributed by atoms with Crippen molar-refractivity contribution in [3.8, 4) is 5.75 Å². The van der Waals surface area contributed by atoms with Crippen molar-refractivity contribution in [3.05, 3.63) is 94.6 Å². The Kier molecular flexibility index (Phi) is 8.44. The normalized spacial score (nSPS) is 16.7. The van der Waals surface area contributed by atoms with Crippen LogP contribution in [0.25, 0.3) is 5.76 Å². The molecule has 0 radical (unpaired) electrons. The van der Waals surface area contributed by atoms with Crippen molar-refractivity contribution in [2.75, 3.05) is 29.5 Å². The van der Waals surface area contributed by atoms with Gasteiger partial charge in [-0.3, -0.25) is 14.5 Å². The molecule has 0 bridgehead atoms. The van der Waals surface area contributed by atoms with Crippen LogP contribution in [0, 0.1) is 6.92 Å². The number of nitrogens with zero attached hydrogens (tertiary/aromatic N) is 2. The van der Waals surface area contributed by atoms with E-state index in [1.165, 1.54) is 4.90 Å². The number of aliphatic hydroxyl groups is 1. The summed E-state index contributed by atoms with van der Waals surface area (Å²) in [5, 5.41) is 11.5. The number of benzene rings is 3. The van der Waals surface area contributed by atoms with Crippen LogP contribution in [0.5, 0.6) is 5.75 Å². The van der Waals surface area contributed by atoms with E-state index in [0.29, 0.717) is 29.5 Å². The standard InChI is InChI=1S/C33H38N2O4/c1-7-34(8-2)26-15-12-24(13-16-26)30-29(31(36)25-14-19-28(39-9-3)22(6)20-25)32(37)33(38)35(30)27-17-10-23(11-18-27)21(4)5/h10-21,30,36H,7-9H2,1-6H3/b31-29-. The molecule has 1 fully saturated rings. The van der Waals surface area contributed by atoms with Crippen LogP contribution >= 0.6 is 0 Å². The van der Waals surface area contributed by atoms with E-state index in [4.69, 9.17) is 4.74 Å². The zero-order valence-corrected chi connectivity index (χ0v) is 23.7. The molecule has 3 aromatic rings. The molecule has 1 unspecified atom stereocenters.